The number of primary amides is 1. The molecule has 0 aliphatic carbocycles. The zero-order chi connectivity index (χ0) is 16.8. The van der Waals surface area contributed by atoms with Gasteiger partial charge in [0, 0.05) is 6.54 Å². The van der Waals surface area contributed by atoms with Crippen molar-refractivity contribution in [3.8, 4) is 0 Å². The Morgan fingerprint density at radius 1 is 0.909 bits per heavy atom. The summed E-state index contributed by atoms with van der Waals surface area (Å²) in [7, 11) is 0. The first kappa shape index (κ1) is 20.6. The van der Waals surface area contributed by atoms with E-state index in [1.54, 1.807) is 0 Å². The molecule has 0 aromatic heterocycles. The fourth-order valence-electron chi connectivity index (χ4n) is 1.22. The lowest BCUT2D eigenvalue weighted by Gasteiger charge is -2.18. The molecular formula is C14H28N2O6. The van der Waals surface area contributed by atoms with Gasteiger partial charge in [-0.2, -0.15) is 0 Å². The highest BCUT2D eigenvalue weighted by Gasteiger charge is 2.11. The Labute approximate surface area is 131 Å². The van der Waals surface area contributed by atoms with E-state index in [0.717, 1.165) is 0 Å². The minimum Gasteiger partial charge on any atom is -0.447 e. The predicted molar refractivity (Wildman–Crippen MR) is 80.5 cm³/mol. The number of carbonyl (C=O) groups is 2. The van der Waals surface area contributed by atoms with E-state index in [-0.39, 0.29) is 31.1 Å². The average molecular weight is 320 g/mol. The number of rotatable bonds is 12. The zero-order valence-electron chi connectivity index (χ0n) is 13.7. The number of nitrogens with two attached hydrogens (primary N) is 1. The first-order valence-corrected chi connectivity index (χ1v) is 7.23. The third-order valence-corrected chi connectivity index (χ3v) is 2.27. The minimum atomic E-state index is -0.816. The molecule has 22 heavy (non-hydrogen) atoms. The summed E-state index contributed by atoms with van der Waals surface area (Å²) in [5.41, 5.74) is 4.84. The standard InChI is InChI=1S/C14H28N2O6/c1-14(2,3)11-16-12(17)10-21-7-6-19-4-5-20-8-9-22-13(15)18/h4-11H2,1-3H3,(H2,15,18)(H,16,17). The summed E-state index contributed by atoms with van der Waals surface area (Å²) in [4.78, 5) is 21.7. The summed E-state index contributed by atoms with van der Waals surface area (Å²) in [6, 6.07) is 0. The zero-order valence-corrected chi connectivity index (χ0v) is 13.7. The Bertz CT molecular complexity index is 317. The second kappa shape index (κ2) is 12.2. The molecule has 0 spiro atoms. The number of nitrogens with one attached hydrogen (secondary N) is 1. The molecule has 0 aromatic rings. The van der Waals surface area contributed by atoms with E-state index in [2.05, 4.69) is 10.1 Å². The van der Waals surface area contributed by atoms with Crippen LogP contribution in [0.25, 0.3) is 0 Å². The van der Waals surface area contributed by atoms with Crippen molar-refractivity contribution in [3.05, 3.63) is 0 Å². The van der Waals surface area contributed by atoms with Crippen molar-refractivity contribution >= 4 is 12.0 Å². The van der Waals surface area contributed by atoms with Crippen LogP contribution in [0.2, 0.25) is 0 Å². The van der Waals surface area contributed by atoms with Crippen LogP contribution in [0.1, 0.15) is 20.8 Å². The van der Waals surface area contributed by atoms with Crippen molar-refractivity contribution in [3.63, 3.8) is 0 Å². The van der Waals surface area contributed by atoms with E-state index in [1.807, 2.05) is 20.8 Å². The predicted octanol–water partition coefficient (Wildman–Crippen LogP) is 0.294. The molecule has 8 nitrogen and oxygen atoms in total. The highest BCUT2D eigenvalue weighted by molar-refractivity contribution is 5.77. The van der Waals surface area contributed by atoms with Gasteiger partial charge in [-0.25, -0.2) is 4.79 Å². The van der Waals surface area contributed by atoms with Gasteiger partial charge < -0.3 is 30.0 Å². The van der Waals surface area contributed by atoms with Crippen molar-refractivity contribution in [2.24, 2.45) is 11.1 Å². The van der Waals surface area contributed by atoms with Gasteiger partial charge in [-0.15, -0.1) is 0 Å². The van der Waals surface area contributed by atoms with Crippen LogP contribution in [-0.4, -0.2) is 64.8 Å². The molecule has 0 aromatic carbocycles. The molecule has 0 atom stereocenters. The minimum absolute atomic E-state index is 0.0282. The smallest absolute Gasteiger partial charge is 0.404 e. The van der Waals surface area contributed by atoms with Crippen LogP contribution in [0.4, 0.5) is 4.79 Å². The van der Waals surface area contributed by atoms with E-state index in [1.165, 1.54) is 0 Å². The molecule has 0 unspecified atom stereocenters. The maximum absolute atomic E-state index is 11.4. The van der Waals surface area contributed by atoms with Crippen LogP contribution in [0.5, 0.6) is 0 Å². The first-order chi connectivity index (χ1) is 10.3. The summed E-state index contributed by atoms with van der Waals surface area (Å²) < 4.78 is 20.0. The quantitative estimate of drug-likeness (QED) is 0.500. The van der Waals surface area contributed by atoms with Crippen LogP contribution < -0.4 is 11.1 Å². The van der Waals surface area contributed by atoms with Crippen molar-refractivity contribution in [2.75, 3.05) is 52.8 Å². The lowest BCUT2D eigenvalue weighted by molar-refractivity contribution is -0.126. The summed E-state index contributed by atoms with van der Waals surface area (Å²) in [5.74, 6) is -0.132. The maximum atomic E-state index is 11.4. The number of hydrogen-bond acceptors (Lipinski definition) is 6. The van der Waals surface area contributed by atoms with Crippen LogP contribution in [0, 0.1) is 5.41 Å². The third kappa shape index (κ3) is 16.7. The molecule has 8 heteroatoms. The van der Waals surface area contributed by atoms with Crippen LogP contribution >= 0.6 is 0 Å². The Hall–Kier alpha value is -1.38. The lowest BCUT2D eigenvalue weighted by Crippen LogP contribution is -2.34. The Morgan fingerprint density at radius 2 is 1.41 bits per heavy atom. The number of carbonyl (C=O) groups excluding carboxylic acids is 2. The monoisotopic (exact) mass is 320 g/mol. The Kier molecular flexibility index (Phi) is 11.4. The van der Waals surface area contributed by atoms with E-state index in [9.17, 15) is 9.59 Å². The average Bonchev–Trinajstić information content (AvgIpc) is 2.41. The maximum Gasteiger partial charge on any atom is 0.404 e. The van der Waals surface area contributed by atoms with Crippen molar-refractivity contribution in [1.82, 2.24) is 5.32 Å². The largest absolute Gasteiger partial charge is 0.447 e. The van der Waals surface area contributed by atoms with Gasteiger partial charge in [0.25, 0.3) is 0 Å². The molecule has 0 saturated heterocycles. The lowest BCUT2D eigenvalue weighted by atomic mass is 9.97. The number of amides is 2. The summed E-state index contributed by atoms with van der Waals surface area (Å²) in [5, 5.41) is 2.79. The van der Waals surface area contributed by atoms with Gasteiger partial charge in [0.05, 0.1) is 33.0 Å². The van der Waals surface area contributed by atoms with Gasteiger partial charge in [0.2, 0.25) is 5.91 Å². The van der Waals surface area contributed by atoms with Gasteiger partial charge >= 0.3 is 6.09 Å². The van der Waals surface area contributed by atoms with Gasteiger partial charge in [-0.1, -0.05) is 20.8 Å². The number of ether oxygens (including phenoxy) is 4. The summed E-state index contributed by atoms with van der Waals surface area (Å²) >= 11 is 0. The fourth-order valence-corrected chi connectivity index (χ4v) is 1.22. The van der Waals surface area contributed by atoms with Crippen LogP contribution in [0.3, 0.4) is 0 Å². The van der Waals surface area contributed by atoms with Crippen molar-refractivity contribution < 1.29 is 28.5 Å². The highest BCUT2D eigenvalue weighted by Crippen LogP contribution is 2.09. The molecule has 3 N–H and O–H groups in total. The SMILES string of the molecule is CC(C)(C)CNC(=O)COCCOCCOCCOC(N)=O. The van der Waals surface area contributed by atoms with Gasteiger partial charge in [-0.05, 0) is 5.41 Å². The molecule has 0 rings (SSSR count). The fraction of sp³-hybridized carbons (Fsp3) is 0.857. The van der Waals surface area contributed by atoms with Gasteiger partial charge in [0.1, 0.15) is 13.2 Å². The highest BCUT2D eigenvalue weighted by atomic mass is 16.6. The van der Waals surface area contributed by atoms with Crippen molar-refractivity contribution in [2.45, 2.75) is 20.8 Å². The molecular weight excluding hydrogens is 292 g/mol. The van der Waals surface area contributed by atoms with Crippen LogP contribution in [0.15, 0.2) is 0 Å². The Balaban J connectivity index is 3.23. The molecule has 0 fully saturated rings. The van der Waals surface area contributed by atoms with Crippen LogP contribution in [-0.2, 0) is 23.7 Å². The Morgan fingerprint density at radius 3 is 1.91 bits per heavy atom. The van der Waals surface area contributed by atoms with E-state index >= 15 is 0 Å². The van der Waals surface area contributed by atoms with Gasteiger partial charge in [-0.3, -0.25) is 4.79 Å². The third-order valence-electron chi connectivity index (χ3n) is 2.27. The topological polar surface area (TPSA) is 109 Å². The van der Waals surface area contributed by atoms with E-state index in [4.69, 9.17) is 19.9 Å². The number of hydrogen-bond donors (Lipinski definition) is 2. The summed E-state index contributed by atoms with van der Waals surface area (Å²) in [6.07, 6.45) is -0.816. The van der Waals surface area contributed by atoms with E-state index in [0.29, 0.717) is 33.0 Å². The van der Waals surface area contributed by atoms with E-state index < -0.39 is 6.09 Å². The van der Waals surface area contributed by atoms with Crippen molar-refractivity contribution in [1.29, 1.82) is 0 Å². The molecule has 0 radical (unpaired) electrons. The first-order valence-electron chi connectivity index (χ1n) is 7.23. The second-order valence-corrected chi connectivity index (χ2v) is 5.78. The molecule has 2 amide bonds. The molecule has 0 heterocycles. The normalized spacial score (nSPS) is 11.2. The van der Waals surface area contributed by atoms with Gasteiger partial charge in [0.15, 0.2) is 0 Å². The summed E-state index contributed by atoms with van der Waals surface area (Å²) in [6.45, 7) is 8.69. The molecule has 0 saturated carbocycles. The molecule has 130 valence electrons. The molecule has 0 bridgehead atoms. The molecule has 0 aliphatic heterocycles. The second-order valence-electron chi connectivity index (χ2n) is 5.78. The molecule has 0 aliphatic rings.